The lowest BCUT2D eigenvalue weighted by Crippen LogP contribution is -2.24. The van der Waals surface area contributed by atoms with Gasteiger partial charge in [-0.3, -0.25) is 14.9 Å². The van der Waals surface area contributed by atoms with E-state index in [2.05, 4.69) is 10.3 Å². The quantitative estimate of drug-likeness (QED) is 0.400. The molecule has 8 heteroatoms. The van der Waals surface area contributed by atoms with E-state index in [0.717, 1.165) is 40.2 Å². The second-order valence-electron chi connectivity index (χ2n) is 5.40. The number of aromatic nitrogens is 1. The number of hydrogen-bond acceptors (Lipinski definition) is 6. The largest absolute Gasteiger partial charge is 0.502 e. The first-order valence-corrected chi connectivity index (χ1v) is 8.46. The highest BCUT2D eigenvalue weighted by Gasteiger charge is 2.15. The summed E-state index contributed by atoms with van der Waals surface area (Å²) in [7, 11) is 0. The molecule has 0 atom stereocenters. The lowest BCUT2D eigenvalue weighted by molar-refractivity contribution is -0.385. The molecule has 128 valence electrons. The maximum atomic E-state index is 12.0. The van der Waals surface area contributed by atoms with Crippen molar-refractivity contribution in [2.75, 3.05) is 6.54 Å². The number of rotatable bonds is 6. The van der Waals surface area contributed by atoms with Gasteiger partial charge in [0.2, 0.25) is 0 Å². The molecule has 0 saturated carbocycles. The van der Waals surface area contributed by atoms with Gasteiger partial charge in [-0.1, -0.05) is 12.1 Å². The standard InChI is InChI=1S/C17H15N3O4S/c21-14-10-11(7-8-13(14)20(23)24)17(22)18-9-3-6-16-19-12-4-1-2-5-15(12)25-16/h1-2,4-5,7-8,10,21H,3,6,9H2,(H,18,22). The lowest BCUT2D eigenvalue weighted by atomic mass is 10.1. The second kappa shape index (κ2) is 7.27. The smallest absolute Gasteiger partial charge is 0.310 e. The van der Waals surface area contributed by atoms with Crippen molar-refractivity contribution in [3.05, 3.63) is 63.1 Å². The van der Waals surface area contributed by atoms with E-state index in [0.29, 0.717) is 6.54 Å². The first-order valence-electron chi connectivity index (χ1n) is 7.64. The number of phenolic OH excluding ortho intramolecular Hbond substituents is 1. The van der Waals surface area contributed by atoms with Gasteiger partial charge < -0.3 is 10.4 Å². The van der Waals surface area contributed by atoms with Crippen molar-refractivity contribution in [3.8, 4) is 5.75 Å². The van der Waals surface area contributed by atoms with E-state index >= 15 is 0 Å². The van der Waals surface area contributed by atoms with Crippen molar-refractivity contribution in [3.63, 3.8) is 0 Å². The molecule has 7 nitrogen and oxygen atoms in total. The van der Waals surface area contributed by atoms with Gasteiger partial charge in [0, 0.05) is 24.6 Å². The van der Waals surface area contributed by atoms with Crippen molar-refractivity contribution < 1.29 is 14.8 Å². The van der Waals surface area contributed by atoms with Crippen LogP contribution in [0.5, 0.6) is 5.75 Å². The highest BCUT2D eigenvalue weighted by Crippen LogP contribution is 2.26. The van der Waals surface area contributed by atoms with Gasteiger partial charge in [-0.05, 0) is 30.7 Å². The van der Waals surface area contributed by atoms with E-state index in [9.17, 15) is 20.0 Å². The van der Waals surface area contributed by atoms with Crippen molar-refractivity contribution >= 4 is 33.1 Å². The van der Waals surface area contributed by atoms with E-state index in [1.165, 1.54) is 6.07 Å². The Hall–Kier alpha value is -3.00. The fraction of sp³-hybridized carbons (Fsp3) is 0.176. The van der Waals surface area contributed by atoms with E-state index in [4.69, 9.17) is 0 Å². The van der Waals surface area contributed by atoms with E-state index < -0.39 is 16.4 Å². The number of aryl methyl sites for hydroxylation is 1. The number of carbonyl (C=O) groups is 1. The van der Waals surface area contributed by atoms with Crippen molar-refractivity contribution in [2.24, 2.45) is 0 Å². The molecule has 0 aliphatic carbocycles. The molecule has 0 spiro atoms. The minimum Gasteiger partial charge on any atom is -0.502 e. The van der Waals surface area contributed by atoms with Crippen molar-refractivity contribution in [1.82, 2.24) is 10.3 Å². The molecule has 3 aromatic rings. The van der Waals surface area contributed by atoms with Gasteiger partial charge in [-0.15, -0.1) is 11.3 Å². The number of thiazole rings is 1. The number of nitrogens with one attached hydrogen (secondary N) is 1. The summed E-state index contributed by atoms with van der Waals surface area (Å²) in [6.45, 7) is 0.451. The summed E-state index contributed by atoms with van der Waals surface area (Å²) < 4.78 is 1.14. The molecule has 0 saturated heterocycles. The van der Waals surface area contributed by atoms with Crippen LogP contribution in [0.2, 0.25) is 0 Å². The van der Waals surface area contributed by atoms with E-state index in [1.54, 1.807) is 11.3 Å². The first kappa shape index (κ1) is 16.8. The number of amides is 1. The Bertz CT molecular complexity index is 906. The van der Waals surface area contributed by atoms with Crippen LogP contribution < -0.4 is 5.32 Å². The minimum atomic E-state index is -0.699. The average molecular weight is 357 g/mol. The number of aromatic hydroxyl groups is 1. The maximum absolute atomic E-state index is 12.0. The van der Waals surface area contributed by atoms with Gasteiger partial charge in [0.05, 0.1) is 20.1 Å². The Morgan fingerprint density at radius 3 is 2.80 bits per heavy atom. The lowest BCUT2D eigenvalue weighted by Gasteiger charge is -2.05. The maximum Gasteiger partial charge on any atom is 0.310 e. The minimum absolute atomic E-state index is 0.183. The molecule has 0 unspecified atom stereocenters. The van der Waals surface area contributed by atoms with Gasteiger partial charge in [0.25, 0.3) is 5.91 Å². The summed E-state index contributed by atoms with van der Waals surface area (Å²) in [5, 5.41) is 24.0. The Kier molecular flexibility index (Phi) is 4.90. The molecule has 0 aliphatic heterocycles. The summed E-state index contributed by atoms with van der Waals surface area (Å²) in [6.07, 6.45) is 1.48. The van der Waals surface area contributed by atoms with Crippen molar-refractivity contribution in [2.45, 2.75) is 12.8 Å². The van der Waals surface area contributed by atoms with Crippen LogP contribution in [0.15, 0.2) is 42.5 Å². The number of fused-ring (bicyclic) bond motifs is 1. The van der Waals surface area contributed by atoms with Crippen LogP contribution in [-0.4, -0.2) is 27.5 Å². The average Bonchev–Trinajstić information content (AvgIpc) is 3.00. The van der Waals surface area contributed by atoms with Crippen LogP contribution in [-0.2, 0) is 6.42 Å². The first-order chi connectivity index (χ1) is 12.0. The summed E-state index contributed by atoms with van der Waals surface area (Å²) >= 11 is 1.64. The molecule has 1 heterocycles. The molecule has 1 amide bonds. The SMILES string of the molecule is O=C(NCCCc1nc2ccccc2s1)c1ccc([N+](=O)[O-])c(O)c1. The number of benzene rings is 2. The number of carbonyl (C=O) groups excluding carboxylic acids is 1. The highest BCUT2D eigenvalue weighted by molar-refractivity contribution is 7.18. The molecular weight excluding hydrogens is 342 g/mol. The zero-order valence-corrected chi connectivity index (χ0v) is 14.0. The number of hydrogen-bond donors (Lipinski definition) is 2. The topological polar surface area (TPSA) is 105 Å². The van der Waals surface area contributed by atoms with E-state index in [-0.39, 0.29) is 11.5 Å². The third kappa shape index (κ3) is 3.92. The zero-order valence-electron chi connectivity index (χ0n) is 13.1. The predicted octanol–water partition coefficient (Wildman–Crippen LogP) is 3.27. The van der Waals surface area contributed by atoms with Crippen LogP contribution in [0, 0.1) is 10.1 Å². The van der Waals surface area contributed by atoms with Crippen LogP contribution in [0.3, 0.4) is 0 Å². The van der Waals surface area contributed by atoms with Gasteiger partial charge in [-0.2, -0.15) is 0 Å². The van der Waals surface area contributed by atoms with Crippen LogP contribution in [0.1, 0.15) is 21.8 Å². The fourth-order valence-electron chi connectivity index (χ4n) is 2.39. The molecule has 2 aromatic carbocycles. The third-order valence-corrected chi connectivity index (χ3v) is 4.72. The number of nitro groups is 1. The number of phenols is 1. The predicted molar refractivity (Wildman–Crippen MR) is 95.0 cm³/mol. The Labute approximate surface area is 147 Å². The number of para-hydroxylation sites is 1. The Morgan fingerprint density at radius 1 is 1.28 bits per heavy atom. The van der Waals surface area contributed by atoms with E-state index in [1.807, 2.05) is 24.3 Å². The number of nitrogens with zero attached hydrogens (tertiary/aromatic N) is 2. The molecule has 0 fully saturated rings. The zero-order chi connectivity index (χ0) is 17.8. The van der Waals surface area contributed by atoms with Crippen LogP contribution in [0.25, 0.3) is 10.2 Å². The van der Waals surface area contributed by atoms with Crippen LogP contribution in [0.4, 0.5) is 5.69 Å². The highest BCUT2D eigenvalue weighted by atomic mass is 32.1. The monoisotopic (exact) mass is 357 g/mol. The molecule has 0 bridgehead atoms. The summed E-state index contributed by atoms with van der Waals surface area (Å²) in [4.78, 5) is 26.5. The molecule has 2 N–H and O–H groups in total. The molecule has 0 aliphatic rings. The van der Waals surface area contributed by atoms with Crippen molar-refractivity contribution in [1.29, 1.82) is 0 Å². The summed E-state index contributed by atoms with van der Waals surface area (Å²) in [6, 6.07) is 11.5. The molecule has 25 heavy (non-hydrogen) atoms. The number of nitro benzene ring substituents is 1. The third-order valence-electron chi connectivity index (χ3n) is 3.63. The normalized spacial score (nSPS) is 10.7. The molecule has 3 rings (SSSR count). The van der Waals surface area contributed by atoms with Gasteiger partial charge >= 0.3 is 5.69 Å². The Balaban J connectivity index is 1.52. The molecule has 0 radical (unpaired) electrons. The van der Waals surface area contributed by atoms with Gasteiger partial charge in [0.1, 0.15) is 0 Å². The molecular formula is C17H15N3O4S. The fourth-order valence-corrected chi connectivity index (χ4v) is 3.40. The second-order valence-corrected chi connectivity index (χ2v) is 6.51. The Morgan fingerprint density at radius 2 is 2.08 bits per heavy atom. The molecule has 1 aromatic heterocycles. The van der Waals surface area contributed by atoms with Crippen LogP contribution >= 0.6 is 11.3 Å². The summed E-state index contributed by atoms with van der Waals surface area (Å²) in [5.74, 6) is -0.901. The van der Waals surface area contributed by atoms with Gasteiger partial charge in [0.15, 0.2) is 5.75 Å². The van der Waals surface area contributed by atoms with Gasteiger partial charge in [-0.25, -0.2) is 4.98 Å². The summed E-state index contributed by atoms with van der Waals surface area (Å²) in [5.41, 5.74) is 0.739.